The zero-order chi connectivity index (χ0) is 34.4. The van der Waals surface area contributed by atoms with E-state index < -0.39 is 53.9 Å². The molecule has 1 aromatic carbocycles. The number of nitrogens with two attached hydrogens (primary N) is 3. The highest BCUT2D eigenvalue weighted by Crippen LogP contribution is 2.20. The first-order chi connectivity index (χ1) is 21.7. The van der Waals surface area contributed by atoms with Gasteiger partial charge in [0.15, 0.2) is 5.96 Å². The smallest absolute Gasteiger partial charge is 0.326 e. The highest BCUT2D eigenvalue weighted by atomic mass is 16.4. The molecule has 1 aliphatic heterocycles. The van der Waals surface area contributed by atoms with Gasteiger partial charge in [0.05, 0.1) is 6.04 Å². The Bertz CT molecular complexity index is 1200. The average molecular weight is 645 g/mol. The first-order valence-corrected chi connectivity index (χ1v) is 16.0. The third kappa shape index (κ3) is 12.7. The summed E-state index contributed by atoms with van der Waals surface area (Å²) in [4.78, 5) is 71.1. The Hall–Kier alpha value is -4.20. The second-order valence-corrected chi connectivity index (χ2v) is 12.7. The number of guanidine groups is 1. The molecule has 5 atom stereocenters. The van der Waals surface area contributed by atoms with Crippen molar-refractivity contribution in [3.05, 3.63) is 35.9 Å². The number of aliphatic carboxylic acids is 1. The summed E-state index contributed by atoms with van der Waals surface area (Å²) in [6.07, 6.45) is 2.28. The average Bonchev–Trinajstić information content (AvgIpc) is 3.47. The van der Waals surface area contributed by atoms with Crippen molar-refractivity contribution in [3.8, 4) is 0 Å². The standard InChI is InChI=1S/C32H52N8O6/c1-19(2)16-22(33)30(44)40-15-9-13-26(40)29(43)38-24(17-20(3)4)28(42)37-23(12-8-14-36-32(34)35)27(41)39-25(31(45)46)18-21-10-6-5-7-11-21/h5-7,10-11,19-20,22-26H,8-9,12-18,33H2,1-4H3,(H,37,42)(H,38,43)(H,39,41)(H,45,46)(H4,34,35,36)/t22-,23-,24-,25-,26-/m0/s1. The van der Waals surface area contributed by atoms with Gasteiger partial charge >= 0.3 is 5.97 Å². The zero-order valence-corrected chi connectivity index (χ0v) is 27.4. The molecule has 1 saturated heterocycles. The van der Waals surface area contributed by atoms with Crippen LogP contribution < -0.4 is 33.2 Å². The highest BCUT2D eigenvalue weighted by Gasteiger charge is 2.38. The molecule has 1 aliphatic rings. The summed E-state index contributed by atoms with van der Waals surface area (Å²) < 4.78 is 0. The van der Waals surface area contributed by atoms with Crippen molar-refractivity contribution in [1.29, 1.82) is 0 Å². The molecule has 256 valence electrons. The minimum absolute atomic E-state index is 0.00627. The topological polar surface area (TPSA) is 235 Å². The van der Waals surface area contributed by atoms with Crippen LogP contribution in [0.2, 0.25) is 0 Å². The van der Waals surface area contributed by atoms with Crippen LogP contribution >= 0.6 is 0 Å². The molecule has 1 fully saturated rings. The van der Waals surface area contributed by atoms with E-state index in [9.17, 15) is 29.1 Å². The van der Waals surface area contributed by atoms with Crippen molar-refractivity contribution >= 4 is 35.6 Å². The van der Waals surface area contributed by atoms with Crippen LogP contribution in [0.5, 0.6) is 0 Å². The fourth-order valence-electron chi connectivity index (χ4n) is 5.46. The SMILES string of the molecule is CC(C)C[C@H](NC(=O)[C@@H]1CCCN1C(=O)[C@@H](N)CC(C)C)C(=O)N[C@@H](CCCN=C(N)N)C(=O)N[C@@H](Cc1ccccc1)C(=O)O. The molecule has 14 heteroatoms. The lowest BCUT2D eigenvalue weighted by molar-refractivity contribution is -0.142. The Morgan fingerprint density at radius 3 is 2.11 bits per heavy atom. The zero-order valence-electron chi connectivity index (χ0n) is 27.4. The van der Waals surface area contributed by atoms with Crippen LogP contribution in [0.4, 0.5) is 0 Å². The van der Waals surface area contributed by atoms with Crippen molar-refractivity contribution in [1.82, 2.24) is 20.9 Å². The van der Waals surface area contributed by atoms with Gasteiger partial charge in [-0.1, -0.05) is 58.0 Å². The van der Waals surface area contributed by atoms with Gasteiger partial charge in [-0.3, -0.25) is 24.2 Å². The number of hydrogen-bond acceptors (Lipinski definition) is 7. The maximum absolute atomic E-state index is 13.7. The van der Waals surface area contributed by atoms with Crippen LogP contribution in [0.15, 0.2) is 35.3 Å². The molecule has 0 unspecified atom stereocenters. The van der Waals surface area contributed by atoms with Gasteiger partial charge in [-0.05, 0) is 55.9 Å². The number of hydrogen-bond donors (Lipinski definition) is 7. The van der Waals surface area contributed by atoms with E-state index in [2.05, 4.69) is 20.9 Å². The van der Waals surface area contributed by atoms with Gasteiger partial charge in [-0.25, -0.2) is 4.79 Å². The van der Waals surface area contributed by atoms with Crippen LogP contribution in [-0.2, 0) is 30.4 Å². The van der Waals surface area contributed by atoms with Gasteiger partial charge in [0.2, 0.25) is 23.6 Å². The van der Waals surface area contributed by atoms with Crippen LogP contribution in [0, 0.1) is 11.8 Å². The fourth-order valence-corrected chi connectivity index (χ4v) is 5.46. The molecule has 10 N–H and O–H groups in total. The van der Waals surface area contributed by atoms with E-state index in [-0.39, 0.29) is 49.5 Å². The molecule has 1 heterocycles. The largest absolute Gasteiger partial charge is 0.480 e. The van der Waals surface area contributed by atoms with Gasteiger partial charge in [0, 0.05) is 19.5 Å². The van der Waals surface area contributed by atoms with Gasteiger partial charge in [0.1, 0.15) is 24.2 Å². The predicted octanol–water partition coefficient (Wildman–Crippen LogP) is 0.232. The van der Waals surface area contributed by atoms with Gasteiger partial charge in [-0.15, -0.1) is 0 Å². The minimum Gasteiger partial charge on any atom is -0.480 e. The first kappa shape index (κ1) is 38.0. The number of carbonyl (C=O) groups excluding carboxylic acids is 4. The van der Waals surface area contributed by atoms with Crippen LogP contribution in [0.25, 0.3) is 0 Å². The third-order valence-electron chi connectivity index (χ3n) is 7.70. The van der Waals surface area contributed by atoms with E-state index in [0.717, 1.165) is 0 Å². The summed E-state index contributed by atoms with van der Waals surface area (Å²) in [5, 5.41) is 17.9. The second-order valence-electron chi connectivity index (χ2n) is 12.7. The van der Waals surface area contributed by atoms with Crippen molar-refractivity contribution in [2.45, 2.75) is 103 Å². The minimum atomic E-state index is -1.24. The van der Waals surface area contributed by atoms with E-state index >= 15 is 0 Å². The Morgan fingerprint density at radius 2 is 1.52 bits per heavy atom. The van der Waals surface area contributed by atoms with E-state index in [0.29, 0.717) is 37.8 Å². The van der Waals surface area contributed by atoms with Crippen molar-refractivity contribution in [2.24, 2.45) is 34.0 Å². The summed E-state index contributed by atoms with van der Waals surface area (Å²) in [5.41, 5.74) is 17.7. The lowest BCUT2D eigenvalue weighted by Crippen LogP contribution is -2.58. The van der Waals surface area contributed by atoms with Crippen LogP contribution in [0.1, 0.15) is 71.8 Å². The molecule has 2 rings (SSSR count). The second kappa shape index (κ2) is 18.7. The van der Waals surface area contributed by atoms with Crippen LogP contribution in [-0.4, -0.2) is 88.9 Å². The summed E-state index contributed by atoms with van der Waals surface area (Å²) in [5.74, 6) is -3.20. The number of rotatable bonds is 18. The summed E-state index contributed by atoms with van der Waals surface area (Å²) in [6, 6.07) is 3.98. The van der Waals surface area contributed by atoms with Crippen LogP contribution in [0.3, 0.4) is 0 Å². The monoisotopic (exact) mass is 644 g/mol. The lowest BCUT2D eigenvalue weighted by atomic mass is 10.0. The predicted molar refractivity (Wildman–Crippen MR) is 175 cm³/mol. The maximum atomic E-state index is 13.7. The number of amides is 4. The third-order valence-corrected chi connectivity index (χ3v) is 7.70. The Balaban J connectivity index is 2.21. The summed E-state index contributed by atoms with van der Waals surface area (Å²) in [7, 11) is 0. The summed E-state index contributed by atoms with van der Waals surface area (Å²) >= 11 is 0. The first-order valence-electron chi connectivity index (χ1n) is 16.0. The molecule has 0 saturated carbocycles. The van der Waals surface area contributed by atoms with E-state index in [1.807, 2.05) is 27.7 Å². The van der Waals surface area contributed by atoms with Gasteiger partial charge in [-0.2, -0.15) is 0 Å². The molecule has 46 heavy (non-hydrogen) atoms. The van der Waals surface area contributed by atoms with Crippen molar-refractivity contribution in [3.63, 3.8) is 0 Å². The van der Waals surface area contributed by atoms with E-state index in [1.54, 1.807) is 30.3 Å². The number of benzene rings is 1. The van der Waals surface area contributed by atoms with E-state index in [1.165, 1.54) is 4.90 Å². The molecule has 0 aromatic heterocycles. The van der Waals surface area contributed by atoms with Gasteiger partial charge in [0.25, 0.3) is 0 Å². The molecular weight excluding hydrogens is 592 g/mol. The molecule has 14 nitrogen and oxygen atoms in total. The number of nitrogens with one attached hydrogen (secondary N) is 3. The maximum Gasteiger partial charge on any atom is 0.326 e. The van der Waals surface area contributed by atoms with E-state index in [4.69, 9.17) is 17.2 Å². The quantitative estimate of drug-likeness (QED) is 0.0657. The fraction of sp³-hybridized carbons (Fsp3) is 0.625. The molecule has 0 radical (unpaired) electrons. The number of nitrogens with zero attached hydrogens (tertiary/aromatic N) is 2. The Morgan fingerprint density at radius 1 is 0.913 bits per heavy atom. The normalized spacial score (nSPS) is 17.1. The Labute approximate surface area is 271 Å². The van der Waals surface area contributed by atoms with Crippen molar-refractivity contribution in [2.75, 3.05) is 13.1 Å². The number of aliphatic imine (C=N–C) groups is 1. The lowest BCUT2D eigenvalue weighted by Gasteiger charge is -2.30. The molecule has 0 bridgehead atoms. The molecule has 4 amide bonds. The Kier molecular flexibility index (Phi) is 15.4. The molecule has 1 aromatic rings. The molecule has 0 aliphatic carbocycles. The molecule has 0 spiro atoms. The molecular formula is C32H52N8O6. The van der Waals surface area contributed by atoms with Crippen molar-refractivity contribution < 1.29 is 29.1 Å². The highest BCUT2D eigenvalue weighted by molar-refractivity contribution is 5.95. The number of carbonyl (C=O) groups is 5. The van der Waals surface area contributed by atoms with Gasteiger partial charge < -0.3 is 43.2 Å². The number of carboxylic acids is 1. The number of carboxylic acid groups (broad SMARTS) is 1. The number of likely N-dealkylation sites (tertiary alicyclic amines) is 1. The summed E-state index contributed by atoms with van der Waals surface area (Å²) in [6.45, 7) is 8.30.